The van der Waals surface area contributed by atoms with Crippen LogP contribution in [0, 0.1) is 5.92 Å². The maximum Gasteiger partial charge on any atom is 0.257 e. The summed E-state index contributed by atoms with van der Waals surface area (Å²) in [5.41, 5.74) is 6.84. The van der Waals surface area contributed by atoms with Gasteiger partial charge in [-0.3, -0.25) is 4.79 Å². The summed E-state index contributed by atoms with van der Waals surface area (Å²) in [5.74, 6) is 0.958. The van der Waals surface area contributed by atoms with Gasteiger partial charge in [-0.15, -0.1) is 0 Å². The third-order valence-corrected chi connectivity index (χ3v) is 3.97. The summed E-state index contributed by atoms with van der Waals surface area (Å²) in [4.78, 5) is 14.7. The molecule has 21 heavy (non-hydrogen) atoms. The van der Waals surface area contributed by atoms with Crippen LogP contribution in [0.5, 0.6) is 5.75 Å². The molecular formula is C16H25N3O2. The summed E-state index contributed by atoms with van der Waals surface area (Å²) in [6, 6.07) is 5.31. The Kier molecular flexibility index (Phi) is 5.44. The maximum atomic E-state index is 12.4. The van der Waals surface area contributed by atoms with Gasteiger partial charge in [0.25, 0.3) is 5.91 Å². The second-order valence-corrected chi connectivity index (χ2v) is 5.61. The predicted octanol–water partition coefficient (Wildman–Crippen LogP) is 1.74. The van der Waals surface area contributed by atoms with Crippen molar-refractivity contribution in [2.24, 2.45) is 5.92 Å². The van der Waals surface area contributed by atoms with Gasteiger partial charge in [0.05, 0.1) is 6.61 Å². The van der Waals surface area contributed by atoms with E-state index in [4.69, 9.17) is 10.5 Å². The molecule has 1 aliphatic heterocycles. The normalized spacial score (nSPS) is 16.7. The molecule has 0 spiro atoms. The number of anilines is 1. The van der Waals surface area contributed by atoms with Crippen LogP contribution < -0.4 is 15.8 Å². The Morgan fingerprint density at radius 3 is 2.81 bits per heavy atom. The highest BCUT2D eigenvalue weighted by Crippen LogP contribution is 2.24. The Hall–Kier alpha value is -1.75. The molecule has 0 atom stereocenters. The van der Waals surface area contributed by atoms with E-state index in [-0.39, 0.29) is 5.91 Å². The van der Waals surface area contributed by atoms with Gasteiger partial charge in [0, 0.05) is 12.2 Å². The minimum Gasteiger partial charge on any atom is -0.493 e. The van der Waals surface area contributed by atoms with E-state index in [2.05, 4.69) is 17.3 Å². The van der Waals surface area contributed by atoms with Gasteiger partial charge in [-0.25, -0.2) is 0 Å². The van der Waals surface area contributed by atoms with Gasteiger partial charge in [-0.1, -0.05) is 6.07 Å². The fourth-order valence-corrected chi connectivity index (χ4v) is 2.66. The van der Waals surface area contributed by atoms with Crippen molar-refractivity contribution in [3.8, 4) is 5.75 Å². The number of likely N-dealkylation sites (tertiary alicyclic amines) is 1. The Morgan fingerprint density at radius 1 is 1.43 bits per heavy atom. The summed E-state index contributed by atoms with van der Waals surface area (Å²) >= 11 is 0. The number of piperidine rings is 1. The van der Waals surface area contributed by atoms with Crippen molar-refractivity contribution in [3.05, 3.63) is 23.8 Å². The number of amides is 1. The average molecular weight is 291 g/mol. The van der Waals surface area contributed by atoms with Crippen molar-refractivity contribution in [2.75, 3.05) is 39.0 Å². The molecule has 5 heteroatoms. The maximum absolute atomic E-state index is 12.4. The SMILES string of the molecule is CCOc1cccc(N)c1C(=O)NCC1CCN(C)CC1. The smallest absolute Gasteiger partial charge is 0.257 e. The summed E-state index contributed by atoms with van der Waals surface area (Å²) in [6.07, 6.45) is 2.25. The van der Waals surface area contributed by atoms with E-state index >= 15 is 0 Å². The van der Waals surface area contributed by atoms with E-state index in [1.165, 1.54) is 0 Å². The zero-order chi connectivity index (χ0) is 15.2. The fourth-order valence-electron chi connectivity index (χ4n) is 2.66. The van der Waals surface area contributed by atoms with Gasteiger partial charge in [0.1, 0.15) is 11.3 Å². The quantitative estimate of drug-likeness (QED) is 0.811. The number of hydrogen-bond acceptors (Lipinski definition) is 4. The number of carbonyl (C=O) groups excluding carboxylic acids is 1. The molecule has 116 valence electrons. The topological polar surface area (TPSA) is 67.6 Å². The summed E-state index contributed by atoms with van der Waals surface area (Å²) in [6.45, 7) is 5.30. The third kappa shape index (κ3) is 4.11. The molecule has 1 aromatic rings. The number of nitrogen functional groups attached to an aromatic ring is 1. The minimum absolute atomic E-state index is 0.143. The molecule has 5 nitrogen and oxygen atoms in total. The average Bonchev–Trinajstić information content (AvgIpc) is 2.47. The van der Waals surface area contributed by atoms with Crippen molar-refractivity contribution in [1.29, 1.82) is 0 Å². The zero-order valence-electron chi connectivity index (χ0n) is 12.9. The number of benzene rings is 1. The van der Waals surface area contributed by atoms with E-state index in [9.17, 15) is 4.79 Å². The number of nitrogens with two attached hydrogens (primary N) is 1. The summed E-state index contributed by atoms with van der Waals surface area (Å²) in [5, 5.41) is 3.01. The van der Waals surface area contributed by atoms with Crippen LogP contribution in [0.4, 0.5) is 5.69 Å². The molecule has 0 aromatic heterocycles. The van der Waals surface area contributed by atoms with Crippen molar-refractivity contribution in [2.45, 2.75) is 19.8 Å². The lowest BCUT2D eigenvalue weighted by Crippen LogP contribution is -2.37. The van der Waals surface area contributed by atoms with Crippen LogP contribution >= 0.6 is 0 Å². The molecule has 1 amide bonds. The van der Waals surface area contributed by atoms with Crippen molar-refractivity contribution < 1.29 is 9.53 Å². The molecule has 1 aliphatic rings. The molecule has 3 N–H and O–H groups in total. The Labute approximate surface area is 126 Å². The first-order valence-corrected chi connectivity index (χ1v) is 7.59. The number of rotatable bonds is 5. The number of nitrogens with zero attached hydrogens (tertiary/aromatic N) is 1. The number of ether oxygens (including phenoxy) is 1. The molecule has 0 aliphatic carbocycles. The van der Waals surface area contributed by atoms with Crippen LogP contribution in [0.15, 0.2) is 18.2 Å². The van der Waals surface area contributed by atoms with Crippen LogP contribution in [0.3, 0.4) is 0 Å². The lowest BCUT2D eigenvalue weighted by molar-refractivity contribution is 0.0936. The van der Waals surface area contributed by atoms with E-state index < -0.39 is 0 Å². The van der Waals surface area contributed by atoms with Gasteiger partial charge in [-0.05, 0) is 58.0 Å². The van der Waals surface area contributed by atoms with E-state index in [0.717, 1.165) is 25.9 Å². The second kappa shape index (κ2) is 7.31. The number of nitrogens with one attached hydrogen (secondary N) is 1. The van der Waals surface area contributed by atoms with E-state index in [0.29, 0.717) is 36.1 Å². The van der Waals surface area contributed by atoms with Crippen molar-refractivity contribution in [3.63, 3.8) is 0 Å². The Bertz CT molecular complexity index is 482. The van der Waals surface area contributed by atoms with Crippen molar-refractivity contribution >= 4 is 11.6 Å². The molecule has 0 saturated carbocycles. The Morgan fingerprint density at radius 2 is 2.14 bits per heavy atom. The second-order valence-electron chi connectivity index (χ2n) is 5.61. The molecule has 0 radical (unpaired) electrons. The van der Waals surface area contributed by atoms with Gasteiger partial charge < -0.3 is 20.7 Å². The third-order valence-electron chi connectivity index (χ3n) is 3.97. The predicted molar refractivity (Wildman–Crippen MR) is 84.6 cm³/mol. The zero-order valence-corrected chi connectivity index (χ0v) is 12.9. The van der Waals surface area contributed by atoms with Crippen LogP contribution in [-0.4, -0.2) is 44.1 Å². The van der Waals surface area contributed by atoms with Gasteiger partial charge in [0.15, 0.2) is 0 Å². The first kappa shape index (κ1) is 15.6. The highest BCUT2D eigenvalue weighted by molar-refractivity contribution is 6.01. The summed E-state index contributed by atoms with van der Waals surface area (Å²) < 4.78 is 5.50. The van der Waals surface area contributed by atoms with Crippen LogP contribution in [0.2, 0.25) is 0 Å². The highest BCUT2D eigenvalue weighted by Gasteiger charge is 2.20. The first-order chi connectivity index (χ1) is 10.1. The number of carbonyl (C=O) groups is 1. The molecule has 1 heterocycles. The number of hydrogen-bond donors (Lipinski definition) is 2. The van der Waals surface area contributed by atoms with Crippen molar-refractivity contribution in [1.82, 2.24) is 10.2 Å². The van der Waals surface area contributed by atoms with E-state index in [1.54, 1.807) is 18.2 Å². The lowest BCUT2D eigenvalue weighted by atomic mass is 9.97. The standard InChI is InChI=1S/C16H25N3O2/c1-3-21-14-6-4-5-13(17)15(14)16(20)18-11-12-7-9-19(2)10-8-12/h4-6,12H,3,7-11,17H2,1-2H3,(H,18,20). The van der Waals surface area contributed by atoms with Crippen LogP contribution in [0.1, 0.15) is 30.1 Å². The lowest BCUT2D eigenvalue weighted by Gasteiger charge is -2.29. The molecule has 0 unspecified atom stereocenters. The molecule has 1 aromatic carbocycles. The highest BCUT2D eigenvalue weighted by atomic mass is 16.5. The van der Waals surface area contributed by atoms with Gasteiger partial charge in [0.2, 0.25) is 0 Å². The molecule has 0 bridgehead atoms. The largest absolute Gasteiger partial charge is 0.493 e. The van der Waals surface area contributed by atoms with Gasteiger partial charge in [-0.2, -0.15) is 0 Å². The molecular weight excluding hydrogens is 266 g/mol. The minimum atomic E-state index is -0.143. The molecule has 2 rings (SSSR count). The van der Waals surface area contributed by atoms with Crippen LogP contribution in [-0.2, 0) is 0 Å². The Balaban J connectivity index is 1.97. The monoisotopic (exact) mass is 291 g/mol. The fraction of sp³-hybridized carbons (Fsp3) is 0.562. The van der Waals surface area contributed by atoms with Gasteiger partial charge >= 0.3 is 0 Å². The first-order valence-electron chi connectivity index (χ1n) is 7.59. The molecule has 1 saturated heterocycles. The van der Waals surface area contributed by atoms with Crippen LogP contribution in [0.25, 0.3) is 0 Å². The molecule has 1 fully saturated rings. The summed E-state index contributed by atoms with van der Waals surface area (Å²) in [7, 11) is 2.13. The van der Waals surface area contributed by atoms with E-state index in [1.807, 2.05) is 6.92 Å².